The predicted molar refractivity (Wildman–Crippen MR) is 66.4 cm³/mol. The molecule has 0 aliphatic rings. The first kappa shape index (κ1) is 13.5. The van der Waals surface area contributed by atoms with E-state index < -0.39 is 11.7 Å². The first-order valence-corrected chi connectivity index (χ1v) is 6.16. The summed E-state index contributed by atoms with van der Waals surface area (Å²) < 4.78 is 38.5. The molecule has 0 amide bonds. The number of H-pyrrole nitrogens is 1. The summed E-state index contributed by atoms with van der Waals surface area (Å²) in [5, 5.41) is 6.63. The van der Waals surface area contributed by atoms with Gasteiger partial charge < -0.3 is 0 Å². The average Bonchev–Trinajstić information content (AvgIpc) is 2.84. The summed E-state index contributed by atoms with van der Waals surface area (Å²) in [6.07, 6.45) is 0.655. The Morgan fingerprint density at radius 2 is 2.05 bits per heavy atom. The van der Waals surface area contributed by atoms with Crippen LogP contribution in [0.25, 0.3) is 11.4 Å². The lowest BCUT2D eigenvalue weighted by atomic mass is 10.1. The highest BCUT2D eigenvalue weighted by Gasteiger charge is 2.34. The molecule has 0 spiro atoms. The summed E-state index contributed by atoms with van der Waals surface area (Å²) >= 11 is 1.18. The fraction of sp³-hybridized carbons (Fsp3) is 0.167. The van der Waals surface area contributed by atoms with Gasteiger partial charge in [0.1, 0.15) is 0 Å². The van der Waals surface area contributed by atoms with Crippen molar-refractivity contribution in [3.63, 3.8) is 0 Å². The maximum atomic E-state index is 12.8. The zero-order valence-electron chi connectivity index (χ0n) is 9.53. The average molecular weight is 283 g/mol. The van der Waals surface area contributed by atoms with Gasteiger partial charge in [-0.15, -0.1) is 11.5 Å². The topological polar surface area (TPSA) is 41.6 Å². The minimum Gasteiger partial charge on any atom is -0.258 e. The van der Waals surface area contributed by atoms with Gasteiger partial charge in [-0.1, -0.05) is 35.9 Å². The van der Waals surface area contributed by atoms with Crippen molar-refractivity contribution < 1.29 is 13.2 Å². The Kier molecular flexibility index (Phi) is 3.81. The number of benzene rings is 1. The highest BCUT2D eigenvalue weighted by molar-refractivity contribution is 7.99. The molecule has 7 heteroatoms. The molecule has 0 fully saturated rings. The Labute approximate surface area is 111 Å². The van der Waals surface area contributed by atoms with E-state index in [1.807, 2.05) is 0 Å². The fourth-order valence-electron chi connectivity index (χ4n) is 1.47. The van der Waals surface area contributed by atoms with Crippen molar-refractivity contribution in [2.75, 3.05) is 5.75 Å². The van der Waals surface area contributed by atoms with Crippen molar-refractivity contribution in [1.29, 1.82) is 0 Å². The highest BCUT2D eigenvalue weighted by Crippen LogP contribution is 2.35. The number of rotatable bonds is 3. The van der Waals surface area contributed by atoms with Gasteiger partial charge >= 0.3 is 6.18 Å². The Hall–Kier alpha value is -1.94. The molecule has 0 saturated carbocycles. The van der Waals surface area contributed by atoms with Crippen LogP contribution in [0.5, 0.6) is 0 Å². The van der Waals surface area contributed by atoms with Gasteiger partial charge in [0, 0.05) is 5.56 Å². The molecule has 0 aliphatic heterocycles. The van der Waals surface area contributed by atoms with Gasteiger partial charge in [-0.25, -0.2) is 4.98 Å². The number of hydrogen-bond acceptors (Lipinski definition) is 3. The smallest absolute Gasteiger partial charge is 0.258 e. The van der Waals surface area contributed by atoms with Crippen LogP contribution in [-0.2, 0) is 6.18 Å². The van der Waals surface area contributed by atoms with Crippen molar-refractivity contribution in [3.05, 3.63) is 29.8 Å². The Morgan fingerprint density at radius 3 is 2.74 bits per heavy atom. The molecule has 1 heterocycles. The molecule has 0 unspecified atom stereocenters. The summed E-state index contributed by atoms with van der Waals surface area (Å²) in [5.74, 6) is 2.83. The van der Waals surface area contributed by atoms with Crippen LogP contribution in [0.2, 0.25) is 0 Å². The Bertz CT molecular complexity index is 613. The van der Waals surface area contributed by atoms with Gasteiger partial charge in [0.15, 0.2) is 5.82 Å². The number of nitrogens with zero attached hydrogens (tertiary/aromatic N) is 2. The van der Waals surface area contributed by atoms with Gasteiger partial charge in [0.2, 0.25) is 5.16 Å². The van der Waals surface area contributed by atoms with Crippen LogP contribution in [0.3, 0.4) is 0 Å². The molecule has 0 atom stereocenters. The molecule has 2 rings (SSSR count). The molecule has 3 nitrogen and oxygen atoms in total. The molecular formula is C12H8F3N3S. The minimum atomic E-state index is -4.44. The molecule has 19 heavy (non-hydrogen) atoms. The second-order valence-electron chi connectivity index (χ2n) is 3.50. The molecule has 98 valence electrons. The lowest BCUT2D eigenvalue weighted by Crippen LogP contribution is -2.07. The van der Waals surface area contributed by atoms with E-state index in [1.54, 1.807) is 0 Å². The van der Waals surface area contributed by atoms with Crippen LogP contribution in [0.4, 0.5) is 13.2 Å². The minimum absolute atomic E-state index is 0.0324. The number of aromatic nitrogens is 3. The standard InChI is InChI=1S/C12H8F3N3S/c1-2-7-19-11-16-10(17-18-11)8-5-3-4-6-9(8)12(13,14)15/h1,3-6H,7H2,(H,16,17,18). The summed E-state index contributed by atoms with van der Waals surface area (Å²) in [4.78, 5) is 3.99. The van der Waals surface area contributed by atoms with Gasteiger partial charge in [0.25, 0.3) is 0 Å². The molecular weight excluding hydrogens is 275 g/mol. The van der Waals surface area contributed by atoms with Crippen LogP contribution in [0.15, 0.2) is 29.4 Å². The second kappa shape index (κ2) is 5.36. The SMILES string of the molecule is C#CCSc1n[nH]c(-c2ccccc2C(F)(F)F)n1. The van der Waals surface area contributed by atoms with Gasteiger partial charge in [0.05, 0.1) is 11.3 Å². The van der Waals surface area contributed by atoms with E-state index >= 15 is 0 Å². The van der Waals surface area contributed by atoms with Crippen LogP contribution in [-0.4, -0.2) is 20.9 Å². The van der Waals surface area contributed by atoms with E-state index in [0.717, 1.165) is 6.07 Å². The third-order valence-corrected chi connectivity index (χ3v) is 2.99. The number of thioether (sulfide) groups is 1. The van der Waals surface area contributed by atoms with Crippen molar-refractivity contribution in [2.45, 2.75) is 11.3 Å². The van der Waals surface area contributed by atoms with Gasteiger partial charge in [-0.05, 0) is 6.07 Å². The molecule has 1 aromatic carbocycles. The number of alkyl halides is 3. The maximum absolute atomic E-state index is 12.8. The lowest BCUT2D eigenvalue weighted by molar-refractivity contribution is -0.137. The monoisotopic (exact) mass is 283 g/mol. The number of nitrogens with one attached hydrogen (secondary N) is 1. The van der Waals surface area contributed by atoms with E-state index in [9.17, 15) is 13.2 Å². The number of aromatic amines is 1. The lowest BCUT2D eigenvalue weighted by Gasteiger charge is -2.10. The fourth-order valence-corrected chi connectivity index (χ4v) is 1.95. The summed E-state index contributed by atoms with van der Waals surface area (Å²) in [6.45, 7) is 0. The molecule has 0 bridgehead atoms. The maximum Gasteiger partial charge on any atom is 0.417 e. The third-order valence-electron chi connectivity index (χ3n) is 2.24. The Morgan fingerprint density at radius 1 is 1.32 bits per heavy atom. The quantitative estimate of drug-likeness (QED) is 0.694. The van der Waals surface area contributed by atoms with E-state index in [2.05, 4.69) is 21.1 Å². The second-order valence-corrected chi connectivity index (χ2v) is 4.45. The first-order valence-electron chi connectivity index (χ1n) is 5.17. The van der Waals surface area contributed by atoms with Crippen molar-refractivity contribution >= 4 is 11.8 Å². The van der Waals surface area contributed by atoms with E-state index in [4.69, 9.17) is 6.42 Å². The molecule has 1 N–H and O–H groups in total. The normalized spacial score (nSPS) is 11.3. The number of hydrogen-bond donors (Lipinski definition) is 1. The van der Waals surface area contributed by atoms with Crippen molar-refractivity contribution in [2.24, 2.45) is 0 Å². The molecule has 0 radical (unpaired) electrons. The molecule has 0 saturated heterocycles. The molecule has 1 aromatic heterocycles. The number of terminal acetylenes is 1. The van der Waals surface area contributed by atoms with E-state index in [1.165, 1.54) is 30.0 Å². The van der Waals surface area contributed by atoms with Crippen LogP contribution in [0, 0.1) is 12.3 Å². The van der Waals surface area contributed by atoms with Crippen LogP contribution in [0.1, 0.15) is 5.56 Å². The summed E-state index contributed by atoms with van der Waals surface area (Å²) in [5.41, 5.74) is -0.783. The van der Waals surface area contributed by atoms with Crippen LogP contribution < -0.4 is 0 Å². The Balaban J connectivity index is 2.37. The first-order chi connectivity index (χ1) is 9.02. The van der Waals surface area contributed by atoms with Crippen LogP contribution >= 0.6 is 11.8 Å². The predicted octanol–water partition coefficient (Wildman–Crippen LogP) is 3.22. The van der Waals surface area contributed by atoms with Crippen molar-refractivity contribution in [3.8, 4) is 23.7 Å². The van der Waals surface area contributed by atoms with E-state index in [-0.39, 0.29) is 11.4 Å². The summed E-state index contributed by atoms with van der Waals surface area (Å²) in [7, 11) is 0. The van der Waals surface area contributed by atoms with E-state index in [0.29, 0.717) is 10.9 Å². The van der Waals surface area contributed by atoms with Gasteiger partial charge in [-0.2, -0.15) is 13.2 Å². The van der Waals surface area contributed by atoms with Crippen molar-refractivity contribution in [1.82, 2.24) is 15.2 Å². The van der Waals surface area contributed by atoms with Gasteiger partial charge in [-0.3, -0.25) is 5.10 Å². The number of halogens is 3. The highest BCUT2D eigenvalue weighted by atomic mass is 32.2. The zero-order valence-corrected chi connectivity index (χ0v) is 10.3. The largest absolute Gasteiger partial charge is 0.417 e. The third kappa shape index (κ3) is 3.09. The zero-order chi connectivity index (χ0) is 13.9. The summed E-state index contributed by atoms with van der Waals surface area (Å²) in [6, 6.07) is 5.20. The molecule has 2 aromatic rings. The molecule has 0 aliphatic carbocycles.